The smallest absolute Gasteiger partial charge is 0.109 e. The summed E-state index contributed by atoms with van der Waals surface area (Å²) in [4.78, 5) is 0. The van der Waals surface area contributed by atoms with Gasteiger partial charge in [-0.05, 0) is 62.5 Å². The summed E-state index contributed by atoms with van der Waals surface area (Å²) in [5.74, 6) is 1.79. The third-order valence-electron chi connectivity index (χ3n) is 6.68. The topological polar surface area (TPSA) is 0 Å². The van der Waals surface area contributed by atoms with E-state index in [0.29, 0.717) is 5.41 Å². The van der Waals surface area contributed by atoms with E-state index in [1.165, 1.54) is 43.1 Å². The maximum atomic E-state index is 4.06. The molecule has 0 radical (unpaired) electrons. The van der Waals surface area contributed by atoms with Gasteiger partial charge in [-0.25, -0.2) is 0 Å². The van der Waals surface area contributed by atoms with Crippen LogP contribution in [0.25, 0.3) is 0 Å². The lowest BCUT2D eigenvalue weighted by molar-refractivity contribution is -0.919. The summed E-state index contributed by atoms with van der Waals surface area (Å²) < 4.78 is 1.24. The fourth-order valence-electron chi connectivity index (χ4n) is 5.11. The van der Waals surface area contributed by atoms with Crippen molar-refractivity contribution < 1.29 is 4.48 Å². The SMILES string of the molecule is C=CC[N+]1(C2=CCC3CC2C3(C)C)CCCCC1C. The maximum absolute atomic E-state index is 4.06. The van der Waals surface area contributed by atoms with E-state index in [0.717, 1.165) is 24.4 Å². The summed E-state index contributed by atoms with van der Waals surface area (Å²) in [5, 5.41) is 0. The molecule has 1 heterocycles. The Morgan fingerprint density at radius 3 is 2.79 bits per heavy atom. The van der Waals surface area contributed by atoms with Gasteiger partial charge in [0, 0.05) is 5.92 Å². The van der Waals surface area contributed by atoms with Crippen molar-refractivity contribution in [3.63, 3.8) is 0 Å². The number of likely N-dealkylation sites (tertiary alicyclic amines) is 1. The minimum atomic E-state index is 0.549. The van der Waals surface area contributed by atoms with Crippen LogP contribution in [0.1, 0.15) is 52.9 Å². The molecule has 1 saturated carbocycles. The molecule has 1 aliphatic heterocycles. The second-order valence-corrected chi connectivity index (χ2v) is 7.75. The van der Waals surface area contributed by atoms with Crippen molar-refractivity contribution in [3.8, 4) is 0 Å². The second-order valence-electron chi connectivity index (χ2n) is 7.75. The molecule has 0 N–H and O–H groups in total. The zero-order chi connectivity index (χ0) is 13.7. The molecule has 0 aromatic rings. The zero-order valence-corrected chi connectivity index (χ0v) is 13.0. The highest BCUT2D eigenvalue weighted by Gasteiger charge is 2.57. The van der Waals surface area contributed by atoms with Crippen molar-refractivity contribution in [2.75, 3.05) is 13.1 Å². The van der Waals surface area contributed by atoms with Crippen molar-refractivity contribution >= 4 is 0 Å². The Bertz CT molecular complexity index is 406. The molecule has 4 aliphatic rings. The van der Waals surface area contributed by atoms with E-state index >= 15 is 0 Å². The summed E-state index contributed by atoms with van der Waals surface area (Å²) in [7, 11) is 0. The molecule has 106 valence electrons. The molecule has 3 aliphatic carbocycles. The number of allylic oxidation sites excluding steroid dienone is 2. The zero-order valence-electron chi connectivity index (χ0n) is 13.0. The number of hydrogen-bond acceptors (Lipinski definition) is 0. The Balaban J connectivity index is 1.96. The van der Waals surface area contributed by atoms with Crippen molar-refractivity contribution in [2.45, 2.75) is 58.9 Å². The lowest BCUT2D eigenvalue weighted by atomic mass is 9.49. The first kappa shape index (κ1) is 13.4. The lowest BCUT2D eigenvalue weighted by Crippen LogP contribution is -2.62. The molecule has 1 heteroatoms. The third kappa shape index (κ3) is 1.77. The molecule has 1 nitrogen and oxygen atoms in total. The van der Waals surface area contributed by atoms with Crippen LogP contribution in [0.4, 0.5) is 0 Å². The van der Waals surface area contributed by atoms with Crippen LogP contribution >= 0.6 is 0 Å². The van der Waals surface area contributed by atoms with Crippen LogP contribution in [0.2, 0.25) is 0 Å². The molecule has 19 heavy (non-hydrogen) atoms. The van der Waals surface area contributed by atoms with E-state index in [-0.39, 0.29) is 0 Å². The summed E-state index contributed by atoms with van der Waals surface area (Å²) >= 11 is 0. The molecule has 1 saturated heterocycles. The molecule has 2 bridgehead atoms. The Labute approximate surface area is 119 Å². The summed E-state index contributed by atoms with van der Waals surface area (Å²) in [5.41, 5.74) is 2.33. The molecule has 0 amide bonds. The van der Waals surface area contributed by atoms with E-state index in [1.54, 1.807) is 5.70 Å². The Morgan fingerprint density at radius 2 is 2.21 bits per heavy atom. The standard InChI is InChI=1S/C18H30N/c1-5-11-19(12-7-6-8-14(19)2)17-10-9-15-13-16(17)18(15,3)4/h5,10,14-16H,1,6-9,11-13H2,2-4H3/q+1. The van der Waals surface area contributed by atoms with E-state index in [2.05, 4.69) is 39.5 Å². The van der Waals surface area contributed by atoms with Gasteiger partial charge in [0.25, 0.3) is 0 Å². The van der Waals surface area contributed by atoms with Gasteiger partial charge in [-0.2, -0.15) is 0 Å². The molecule has 2 fully saturated rings. The van der Waals surface area contributed by atoms with Gasteiger partial charge in [-0.1, -0.05) is 20.4 Å². The van der Waals surface area contributed by atoms with Crippen LogP contribution in [0, 0.1) is 17.3 Å². The van der Waals surface area contributed by atoms with Gasteiger partial charge in [0.1, 0.15) is 12.2 Å². The normalized spacial score (nSPS) is 44.2. The van der Waals surface area contributed by atoms with E-state index in [1.807, 2.05) is 0 Å². The highest BCUT2D eigenvalue weighted by atomic mass is 15.4. The van der Waals surface area contributed by atoms with Gasteiger partial charge in [-0.3, -0.25) is 4.48 Å². The molecule has 0 aromatic heterocycles. The van der Waals surface area contributed by atoms with Gasteiger partial charge < -0.3 is 0 Å². The van der Waals surface area contributed by atoms with Gasteiger partial charge in [-0.15, -0.1) is 0 Å². The van der Waals surface area contributed by atoms with E-state index in [9.17, 15) is 0 Å². The van der Waals surface area contributed by atoms with Crippen LogP contribution in [-0.4, -0.2) is 23.6 Å². The fourth-order valence-corrected chi connectivity index (χ4v) is 5.11. The lowest BCUT2D eigenvalue weighted by Gasteiger charge is -2.60. The Kier molecular flexibility index (Phi) is 3.16. The molecule has 4 rings (SSSR count). The first-order valence-corrected chi connectivity index (χ1v) is 8.20. The average Bonchev–Trinajstić information content (AvgIpc) is 2.41. The minimum Gasteiger partial charge on any atom is -0.289 e. The van der Waals surface area contributed by atoms with Crippen molar-refractivity contribution in [3.05, 3.63) is 24.4 Å². The Morgan fingerprint density at radius 1 is 1.42 bits per heavy atom. The van der Waals surface area contributed by atoms with Crippen LogP contribution in [0.3, 0.4) is 0 Å². The van der Waals surface area contributed by atoms with Gasteiger partial charge in [0.05, 0.1) is 12.6 Å². The van der Waals surface area contributed by atoms with Gasteiger partial charge >= 0.3 is 0 Å². The largest absolute Gasteiger partial charge is 0.289 e. The number of fused-ring (bicyclic) bond motifs is 1. The van der Waals surface area contributed by atoms with E-state index in [4.69, 9.17) is 0 Å². The van der Waals surface area contributed by atoms with Crippen molar-refractivity contribution in [2.24, 2.45) is 17.3 Å². The highest BCUT2D eigenvalue weighted by molar-refractivity contribution is 5.19. The predicted molar refractivity (Wildman–Crippen MR) is 81.6 cm³/mol. The molecule has 4 unspecified atom stereocenters. The molecular weight excluding hydrogens is 230 g/mol. The number of hydrogen-bond donors (Lipinski definition) is 0. The first-order chi connectivity index (χ1) is 9.02. The highest BCUT2D eigenvalue weighted by Crippen LogP contribution is 2.61. The number of nitrogens with zero attached hydrogens (tertiary/aromatic N) is 1. The monoisotopic (exact) mass is 260 g/mol. The number of piperidine rings is 1. The van der Waals surface area contributed by atoms with Crippen LogP contribution in [0.15, 0.2) is 24.4 Å². The van der Waals surface area contributed by atoms with Crippen LogP contribution in [0.5, 0.6) is 0 Å². The summed E-state index contributed by atoms with van der Waals surface area (Å²) in [6.07, 6.45) is 11.8. The van der Waals surface area contributed by atoms with Crippen LogP contribution < -0.4 is 0 Å². The maximum Gasteiger partial charge on any atom is 0.109 e. The third-order valence-corrected chi connectivity index (χ3v) is 6.68. The fraction of sp³-hybridized carbons (Fsp3) is 0.778. The van der Waals surface area contributed by atoms with Crippen LogP contribution in [-0.2, 0) is 0 Å². The minimum absolute atomic E-state index is 0.549. The number of rotatable bonds is 3. The Hall–Kier alpha value is -0.560. The average molecular weight is 260 g/mol. The van der Waals surface area contributed by atoms with Gasteiger partial charge in [0.2, 0.25) is 0 Å². The van der Waals surface area contributed by atoms with E-state index < -0.39 is 0 Å². The summed E-state index contributed by atoms with van der Waals surface area (Å²) in [6.45, 7) is 14.0. The number of quaternary nitrogens is 1. The predicted octanol–water partition coefficient (Wildman–Crippen LogP) is 4.51. The molecular formula is C18H30N+. The molecule has 0 spiro atoms. The van der Waals surface area contributed by atoms with Crippen molar-refractivity contribution in [1.82, 2.24) is 0 Å². The second kappa shape index (κ2) is 4.48. The molecule has 0 aromatic carbocycles. The quantitative estimate of drug-likeness (QED) is 0.517. The van der Waals surface area contributed by atoms with Crippen molar-refractivity contribution in [1.29, 1.82) is 0 Å². The summed E-state index contributed by atoms with van der Waals surface area (Å²) in [6, 6.07) is 0.783. The van der Waals surface area contributed by atoms with Gasteiger partial charge in [0.15, 0.2) is 0 Å². The first-order valence-electron chi connectivity index (χ1n) is 8.20. The molecule has 4 atom stereocenters.